The van der Waals surface area contributed by atoms with Crippen LogP contribution in [0.15, 0.2) is 67.0 Å². The fourth-order valence-electron chi connectivity index (χ4n) is 2.54. The highest BCUT2D eigenvalue weighted by Gasteiger charge is 2.04. The molecule has 0 saturated heterocycles. The lowest BCUT2D eigenvalue weighted by molar-refractivity contribution is -0.116. The van der Waals surface area contributed by atoms with Gasteiger partial charge in [0.1, 0.15) is 17.8 Å². The Kier molecular flexibility index (Phi) is 6.36. The summed E-state index contributed by atoms with van der Waals surface area (Å²) in [4.78, 5) is 20.6. The Morgan fingerprint density at radius 2 is 1.61 bits per heavy atom. The Morgan fingerprint density at radius 1 is 0.964 bits per heavy atom. The Labute approximate surface area is 163 Å². The number of amides is 1. The molecule has 1 amide bonds. The van der Waals surface area contributed by atoms with Gasteiger partial charge in [0.2, 0.25) is 5.91 Å². The largest absolute Gasteiger partial charge is 0.497 e. The first-order valence-electron chi connectivity index (χ1n) is 8.73. The van der Waals surface area contributed by atoms with Gasteiger partial charge < -0.3 is 14.8 Å². The van der Waals surface area contributed by atoms with Gasteiger partial charge in [-0.3, -0.25) is 4.79 Å². The van der Waals surface area contributed by atoms with Crippen molar-refractivity contribution in [3.63, 3.8) is 0 Å². The monoisotopic (exact) mass is 375 g/mol. The van der Waals surface area contributed by atoms with Gasteiger partial charge >= 0.3 is 0 Å². The van der Waals surface area contributed by atoms with Crippen molar-refractivity contribution in [2.24, 2.45) is 0 Å². The maximum Gasteiger partial charge on any atom is 0.244 e. The number of carbonyl (C=O) groups excluding carboxylic acids is 1. The fraction of sp³-hybridized carbons (Fsp3) is 0.136. The molecule has 6 nitrogen and oxygen atoms in total. The van der Waals surface area contributed by atoms with Gasteiger partial charge in [-0.1, -0.05) is 12.1 Å². The van der Waals surface area contributed by atoms with Crippen molar-refractivity contribution in [2.45, 2.75) is 6.54 Å². The second-order valence-electron chi connectivity index (χ2n) is 5.95. The number of aromatic nitrogens is 2. The first-order chi connectivity index (χ1) is 13.7. The van der Waals surface area contributed by atoms with Crippen molar-refractivity contribution in [2.75, 3.05) is 14.2 Å². The Morgan fingerprint density at radius 3 is 2.25 bits per heavy atom. The maximum absolute atomic E-state index is 12.1. The molecular weight excluding hydrogens is 354 g/mol. The van der Waals surface area contributed by atoms with E-state index in [9.17, 15) is 4.79 Å². The van der Waals surface area contributed by atoms with Crippen molar-refractivity contribution in [3.05, 3.63) is 78.3 Å². The van der Waals surface area contributed by atoms with Gasteiger partial charge in [-0.2, -0.15) is 0 Å². The summed E-state index contributed by atoms with van der Waals surface area (Å²) in [7, 11) is 3.25. The molecule has 3 rings (SSSR count). The van der Waals surface area contributed by atoms with E-state index in [1.165, 1.54) is 12.4 Å². The zero-order valence-corrected chi connectivity index (χ0v) is 15.8. The lowest BCUT2D eigenvalue weighted by Gasteiger charge is -2.06. The minimum atomic E-state index is -0.194. The van der Waals surface area contributed by atoms with E-state index in [0.29, 0.717) is 6.54 Å². The second kappa shape index (κ2) is 9.32. The van der Waals surface area contributed by atoms with Gasteiger partial charge in [0, 0.05) is 11.6 Å². The number of nitrogens with one attached hydrogen (secondary N) is 1. The number of methoxy groups -OCH3 is 2. The SMILES string of the molecule is COc1ccc(/C=C/C(=O)NCc2cc(-c3ccc(OC)cc3)ncn2)cc1. The molecule has 6 heteroatoms. The van der Waals surface area contributed by atoms with Crippen LogP contribution in [0.5, 0.6) is 11.5 Å². The van der Waals surface area contributed by atoms with Crippen LogP contribution in [0.25, 0.3) is 17.3 Å². The number of ether oxygens (including phenoxy) is 2. The van der Waals surface area contributed by atoms with Crippen molar-refractivity contribution in [1.82, 2.24) is 15.3 Å². The quantitative estimate of drug-likeness (QED) is 0.640. The summed E-state index contributed by atoms with van der Waals surface area (Å²) < 4.78 is 10.3. The van der Waals surface area contributed by atoms with Gasteiger partial charge in [-0.25, -0.2) is 9.97 Å². The van der Waals surface area contributed by atoms with E-state index in [2.05, 4.69) is 15.3 Å². The van der Waals surface area contributed by atoms with Gasteiger partial charge in [0.15, 0.2) is 0 Å². The first kappa shape index (κ1) is 19.1. The van der Waals surface area contributed by atoms with Crippen LogP contribution >= 0.6 is 0 Å². The molecule has 2 aromatic carbocycles. The third-order valence-corrected chi connectivity index (χ3v) is 4.10. The van der Waals surface area contributed by atoms with E-state index in [-0.39, 0.29) is 5.91 Å². The zero-order valence-electron chi connectivity index (χ0n) is 15.8. The number of rotatable bonds is 7. The molecule has 0 radical (unpaired) electrons. The molecule has 0 aliphatic heterocycles. The van der Waals surface area contributed by atoms with E-state index in [1.807, 2.05) is 54.6 Å². The molecule has 0 unspecified atom stereocenters. The Bertz CT molecular complexity index is 952. The van der Waals surface area contributed by atoms with E-state index in [1.54, 1.807) is 20.3 Å². The highest BCUT2D eigenvalue weighted by atomic mass is 16.5. The highest BCUT2D eigenvalue weighted by Crippen LogP contribution is 2.20. The van der Waals surface area contributed by atoms with Crippen LogP contribution in [0.3, 0.4) is 0 Å². The van der Waals surface area contributed by atoms with Crippen LogP contribution in [0, 0.1) is 0 Å². The molecule has 0 aliphatic carbocycles. The topological polar surface area (TPSA) is 73.3 Å². The Hall–Kier alpha value is -3.67. The van der Waals surface area contributed by atoms with Gasteiger partial charge in [-0.15, -0.1) is 0 Å². The van der Waals surface area contributed by atoms with Crippen molar-refractivity contribution in [3.8, 4) is 22.8 Å². The summed E-state index contributed by atoms with van der Waals surface area (Å²) in [5.41, 5.74) is 3.39. The molecule has 142 valence electrons. The van der Waals surface area contributed by atoms with E-state index in [0.717, 1.165) is 34.0 Å². The third-order valence-electron chi connectivity index (χ3n) is 4.10. The Balaban J connectivity index is 1.59. The summed E-state index contributed by atoms with van der Waals surface area (Å²) in [6, 6.07) is 16.9. The van der Waals surface area contributed by atoms with Crippen LogP contribution < -0.4 is 14.8 Å². The average Bonchev–Trinajstić information content (AvgIpc) is 2.77. The zero-order chi connectivity index (χ0) is 19.8. The lowest BCUT2D eigenvalue weighted by Crippen LogP contribution is -2.20. The summed E-state index contributed by atoms with van der Waals surface area (Å²) in [6.07, 6.45) is 4.74. The van der Waals surface area contributed by atoms with Crippen molar-refractivity contribution in [1.29, 1.82) is 0 Å². The molecule has 1 heterocycles. The summed E-state index contributed by atoms with van der Waals surface area (Å²) >= 11 is 0. The van der Waals surface area contributed by atoms with Crippen molar-refractivity contribution < 1.29 is 14.3 Å². The average molecular weight is 375 g/mol. The molecule has 0 atom stereocenters. The molecule has 0 fully saturated rings. The molecule has 28 heavy (non-hydrogen) atoms. The summed E-state index contributed by atoms with van der Waals surface area (Å²) in [6.45, 7) is 0.317. The predicted molar refractivity (Wildman–Crippen MR) is 108 cm³/mol. The number of carbonyl (C=O) groups is 1. The molecular formula is C22H21N3O3. The summed E-state index contributed by atoms with van der Waals surface area (Å²) in [5.74, 6) is 1.37. The molecule has 0 aliphatic rings. The third kappa shape index (κ3) is 5.17. The molecule has 0 spiro atoms. The molecule has 1 aromatic heterocycles. The maximum atomic E-state index is 12.1. The van der Waals surface area contributed by atoms with E-state index < -0.39 is 0 Å². The van der Waals surface area contributed by atoms with Crippen LogP contribution in [0.2, 0.25) is 0 Å². The van der Waals surface area contributed by atoms with Crippen LogP contribution in [-0.2, 0) is 11.3 Å². The minimum absolute atomic E-state index is 0.194. The lowest BCUT2D eigenvalue weighted by atomic mass is 10.1. The number of hydrogen-bond donors (Lipinski definition) is 1. The second-order valence-corrected chi connectivity index (χ2v) is 5.95. The molecule has 0 bridgehead atoms. The molecule has 1 N–H and O–H groups in total. The molecule has 0 saturated carbocycles. The number of benzene rings is 2. The number of hydrogen-bond acceptors (Lipinski definition) is 5. The molecule has 3 aromatic rings. The van der Waals surface area contributed by atoms with Crippen molar-refractivity contribution >= 4 is 12.0 Å². The standard InChI is InChI=1S/C22H21N3O3/c1-27-19-8-3-16(4-9-19)5-12-22(26)23-14-18-13-21(25-15-24-18)17-6-10-20(28-2)11-7-17/h3-13,15H,14H2,1-2H3,(H,23,26)/b12-5+. The minimum Gasteiger partial charge on any atom is -0.497 e. The van der Waals surface area contributed by atoms with E-state index in [4.69, 9.17) is 9.47 Å². The fourth-order valence-corrected chi connectivity index (χ4v) is 2.54. The predicted octanol–water partition coefficient (Wildman–Crippen LogP) is 3.49. The van der Waals surface area contributed by atoms with Gasteiger partial charge in [0.25, 0.3) is 0 Å². The number of nitrogens with zero attached hydrogens (tertiary/aromatic N) is 2. The first-order valence-corrected chi connectivity index (χ1v) is 8.73. The van der Waals surface area contributed by atoms with Crippen LogP contribution in [0.4, 0.5) is 0 Å². The van der Waals surface area contributed by atoms with Gasteiger partial charge in [0.05, 0.1) is 32.2 Å². The normalized spacial score (nSPS) is 10.6. The van der Waals surface area contributed by atoms with Crippen LogP contribution in [0.1, 0.15) is 11.3 Å². The highest BCUT2D eigenvalue weighted by molar-refractivity contribution is 5.91. The smallest absolute Gasteiger partial charge is 0.244 e. The van der Waals surface area contributed by atoms with Gasteiger partial charge in [-0.05, 0) is 54.1 Å². The summed E-state index contributed by atoms with van der Waals surface area (Å²) in [5, 5.41) is 2.83. The van der Waals surface area contributed by atoms with E-state index >= 15 is 0 Å². The van der Waals surface area contributed by atoms with Crippen LogP contribution in [-0.4, -0.2) is 30.1 Å².